The van der Waals surface area contributed by atoms with Crippen molar-refractivity contribution in [2.45, 2.75) is 64.2 Å². The third-order valence-electron chi connectivity index (χ3n) is 7.57. The fraction of sp³-hybridized carbons (Fsp3) is 0.406. The number of benzene rings is 3. The highest BCUT2D eigenvalue weighted by Crippen LogP contribution is 2.40. The fourth-order valence-corrected chi connectivity index (χ4v) is 12.1. The summed E-state index contributed by atoms with van der Waals surface area (Å²) < 4.78 is 29.7. The molecule has 0 aliphatic heterocycles. The molecule has 208 valence electrons. The predicted octanol–water partition coefficient (Wildman–Crippen LogP) is 6.56. The maximum Gasteiger partial charge on any atom is 0.442 e. The zero-order chi connectivity index (χ0) is 27.9. The Morgan fingerprint density at radius 1 is 0.846 bits per heavy atom. The van der Waals surface area contributed by atoms with E-state index in [-0.39, 0.29) is 23.7 Å². The molecule has 0 N–H and O–H groups in total. The highest BCUT2D eigenvalue weighted by atomic mass is 32.2. The van der Waals surface area contributed by atoms with Gasteiger partial charge in [0.1, 0.15) is 6.61 Å². The van der Waals surface area contributed by atoms with Crippen LogP contribution in [0.4, 0.5) is 4.79 Å². The van der Waals surface area contributed by atoms with Crippen molar-refractivity contribution in [2.24, 2.45) is 10.3 Å². The van der Waals surface area contributed by atoms with Gasteiger partial charge in [-0.15, -0.1) is 4.36 Å². The zero-order valence-corrected chi connectivity index (χ0v) is 25.4. The van der Waals surface area contributed by atoms with E-state index in [0.29, 0.717) is 5.75 Å². The van der Waals surface area contributed by atoms with Gasteiger partial charge in [0.05, 0.1) is 9.73 Å². The quantitative estimate of drug-likeness (QED) is 0.291. The van der Waals surface area contributed by atoms with Crippen LogP contribution in [0, 0.1) is 5.92 Å². The average molecular weight is 564 g/mol. The lowest BCUT2D eigenvalue weighted by Crippen LogP contribution is -2.67. The average Bonchev–Trinajstić information content (AvgIpc) is 2.92. The van der Waals surface area contributed by atoms with Crippen LogP contribution < -0.4 is 10.4 Å². The molecule has 0 aromatic heterocycles. The van der Waals surface area contributed by atoms with Gasteiger partial charge in [0.25, 0.3) is 8.32 Å². The maximum absolute atomic E-state index is 13.2. The van der Waals surface area contributed by atoms with Crippen LogP contribution in [0.2, 0.25) is 5.04 Å². The number of ether oxygens (including phenoxy) is 1. The predicted molar refractivity (Wildman–Crippen MR) is 162 cm³/mol. The summed E-state index contributed by atoms with van der Waals surface area (Å²) in [6, 6.07) is 30.9. The number of nitrogens with zero attached hydrogens (tertiary/aromatic N) is 1. The fourth-order valence-electron chi connectivity index (χ4n) is 5.74. The normalized spacial score (nSPS) is 19.6. The Bertz CT molecular complexity index is 1290. The molecule has 0 saturated heterocycles. The van der Waals surface area contributed by atoms with Gasteiger partial charge in [0.2, 0.25) is 0 Å². The van der Waals surface area contributed by atoms with Crippen LogP contribution in [0.3, 0.4) is 0 Å². The molecule has 7 heteroatoms. The molecule has 1 amide bonds. The smallest absolute Gasteiger partial charge is 0.442 e. The molecule has 1 saturated carbocycles. The van der Waals surface area contributed by atoms with E-state index in [4.69, 9.17) is 9.16 Å². The van der Waals surface area contributed by atoms with Gasteiger partial charge < -0.3 is 9.16 Å². The molecular formula is C32H41NO4SSi. The second-order valence-electron chi connectivity index (χ2n) is 11.7. The van der Waals surface area contributed by atoms with Crippen LogP contribution in [0.1, 0.15) is 52.0 Å². The number of carbonyl (C=O) groups is 1. The van der Waals surface area contributed by atoms with Gasteiger partial charge in [-0.05, 0) is 52.6 Å². The Morgan fingerprint density at radius 3 is 1.82 bits per heavy atom. The summed E-state index contributed by atoms with van der Waals surface area (Å²) in [5.74, 6) is 0.645. The molecule has 5 nitrogen and oxygen atoms in total. The Hall–Kier alpha value is -2.74. The van der Waals surface area contributed by atoms with E-state index >= 15 is 0 Å². The van der Waals surface area contributed by atoms with E-state index in [9.17, 15) is 9.00 Å². The van der Waals surface area contributed by atoms with Crippen LogP contribution in [0.15, 0.2) is 95.4 Å². The minimum atomic E-state index is -2.68. The summed E-state index contributed by atoms with van der Waals surface area (Å²) in [6.45, 7) is 7.03. The summed E-state index contributed by atoms with van der Waals surface area (Å²) in [5, 5.41) is 2.51. The van der Waals surface area contributed by atoms with Crippen molar-refractivity contribution >= 4 is 34.5 Å². The minimum Gasteiger partial charge on any atom is -0.443 e. The number of carbonyl (C=O) groups excluding carboxylic acids is 1. The molecule has 1 aliphatic carbocycles. The highest BCUT2D eigenvalue weighted by Gasteiger charge is 2.51. The van der Waals surface area contributed by atoms with Gasteiger partial charge in [0.15, 0.2) is 0 Å². The number of rotatable bonds is 8. The standard InChI is InChI=1S/C32H41NO4SSi/c1-32(2,3)39(29-16-10-6-11-17-29,30-18-12-7-13-19-30)37-28-22-20-27(21-23-28)25-38(4,35)33-31(34)36-24-26-14-8-5-9-15-26/h5-19,27-28H,20-25H2,1-4H3. The van der Waals surface area contributed by atoms with E-state index in [0.717, 1.165) is 31.2 Å². The maximum atomic E-state index is 13.2. The molecule has 1 aliphatic rings. The van der Waals surface area contributed by atoms with Crippen LogP contribution >= 0.6 is 0 Å². The molecule has 0 bridgehead atoms. The van der Waals surface area contributed by atoms with E-state index in [1.54, 1.807) is 6.26 Å². The minimum absolute atomic E-state index is 0.0662. The summed E-state index contributed by atoms with van der Waals surface area (Å²) in [4.78, 5) is 12.3. The second kappa shape index (κ2) is 12.6. The van der Waals surface area contributed by atoms with Crippen molar-refractivity contribution in [3.05, 3.63) is 96.6 Å². The van der Waals surface area contributed by atoms with E-state index in [1.165, 1.54) is 10.4 Å². The van der Waals surface area contributed by atoms with Crippen LogP contribution in [0.25, 0.3) is 0 Å². The molecule has 4 rings (SSSR count). The zero-order valence-electron chi connectivity index (χ0n) is 23.5. The van der Waals surface area contributed by atoms with E-state index in [1.807, 2.05) is 30.3 Å². The number of hydrogen-bond donors (Lipinski definition) is 0. The lowest BCUT2D eigenvalue weighted by atomic mass is 9.89. The Morgan fingerprint density at radius 2 is 1.33 bits per heavy atom. The molecule has 0 heterocycles. The molecule has 0 radical (unpaired) electrons. The second-order valence-corrected chi connectivity index (χ2v) is 18.4. The Kier molecular flexibility index (Phi) is 9.46. The molecule has 39 heavy (non-hydrogen) atoms. The Labute approximate surface area is 235 Å². The van der Waals surface area contributed by atoms with Crippen LogP contribution in [-0.2, 0) is 25.5 Å². The SMILES string of the molecule is CC(C)(C)[Si](OC1CCC(CS(C)(=O)=NC(=O)OCc2ccccc2)CC1)(c1ccccc1)c1ccccc1. The van der Waals surface area contributed by atoms with Gasteiger partial charge in [-0.25, -0.2) is 9.00 Å². The monoisotopic (exact) mass is 563 g/mol. The molecule has 1 unspecified atom stereocenters. The molecule has 1 atom stereocenters. The summed E-state index contributed by atoms with van der Waals surface area (Å²) in [6.07, 6.45) is 4.57. The highest BCUT2D eigenvalue weighted by molar-refractivity contribution is 7.93. The summed E-state index contributed by atoms with van der Waals surface area (Å²) in [7, 11) is -5.28. The van der Waals surface area contributed by atoms with Crippen molar-refractivity contribution in [3.8, 4) is 0 Å². The first-order valence-electron chi connectivity index (χ1n) is 13.8. The summed E-state index contributed by atoms with van der Waals surface area (Å²) >= 11 is 0. The van der Waals surface area contributed by atoms with E-state index in [2.05, 4.69) is 85.8 Å². The topological polar surface area (TPSA) is 65.0 Å². The van der Waals surface area contributed by atoms with Crippen LogP contribution in [-0.4, -0.2) is 36.7 Å². The van der Waals surface area contributed by atoms with Crippen molar-refractivity contribution in [3.63, 3.8) is 0 Å². The summed E-state index contributed by atoms with van der Waals surface area (Å²) in [5.41, 5.74) is 0.878. The molecule has 1 fully saturated rings. The van der Waals surface area contributed by atoms with Gasteiger partial charge in [0, 0.05) is 18.1 Å². The molecule has 3 aromatic carbocycles. The Balaban J connectivity index is 1.43. The molecule has 3 aromatic rings. The molecular weight excluding hydrogens is 523 g/mol. The van der Waals surface area contributed by atoms with Gasteiger partial charge >= 0.3 is 6.09 Å². The third-order valence-corrected chi connectivity index (χ3v) is 14.3. The van der Waals surface area contributed by atoms with Crippen LogP contribution in [0.5, 0.6) is 0 Å². The van der Waals surface area contributed by atoms with Crippen molar-refractivity contribution in [1.29, 1.82) is 0 Å². The van der Waals surface area contributed by atoms with Gasteiger partial charge in [-0.3, -0.25) is 0 Å². The first kappa shape index (κ1) is 29.2. The van der Waals surface area contributed by atoms with Crippen molar-refractivity contribution in [2.75, 3.05) is 12.0 Å². The van der Waals surface area contributed by atoms with Gasteiger partial charge in [-0.2, -0.15) is 0 Å². The molecule has 0 spiro atoms. The lowest BCUT2D eigenvalue weighted by molar-refractivity contribution is 0.126. The third kappa shape index (κ3) is 7.47. The largest absolute Gasteiger partial charge is 0.443 e. The number of amides is 1. The van der Waals surface area contributed by atoms with Crippen molar-refractivity contribution < 1.29 is 18.2 Å². The van der Waals surface area contributed by atoms with Crippen molar-refractivity contribution in [1.82, 2.24) is 0 Å². The van der Waals surface area contributed by atoms with Gasteiger partial charge in [-0.1, -0.05) is 112 Å². The lowest BCUT2D eigenvalue weighted by Gasteiger charge is -2.46. The number of hydrogen-bond acceptors (Lipinski definition) is 4. The first-order chi connectivity index (χ1) is 18.6. The first-order valence-corrected chi connectivity index (χ1v) is 17.8. The van der Waals surface area contributed by atoms with E-state index < -0.39 is 24.1 Å².